The summed E-state index contributed by atoms with van der Waals surface area (Å²) in [5.74, 6) is 0. The molecule has 0 saturated heterocycles. The first kappa shape index (κ1) is 8.26. The molecule has 1 radical (unpaired) electrons. The summed E-state index contributed by atoms with van der Waals surface area (Å²) in [6.07, 6.45) is 0. The molecule has 0 saturated carbocycles. The fourth-order valence-electron chi connectivity index (χ4n) is 0.857. The molecule has 61 valence electrons. The maximum Gasteiger partial charge on any atom is 0.130 e. The van der Waals surface area contributed by atoms with Gasteiger partial charge in [0.1, 0.15) is 11.0 Å². The first-order valence-electron chi connectivity index (χ1n) is 2.87. The largest absolute Gasteiger partial charge is 0.410 e. The summed E-state index contributed by atoms with van der Waals surface area (Å²) < 4.78 is 0. The Kier molecular flexibility index (Phi) is 2.28. The molecule has 2 aromatic rings. The van der Waals surface area contributed by atoms with Gasteiger partial charge in [-0.1, -0.05) is 17.0 Å². The van der Waals surface area contributed by atoms with Crippen LogP contribution in [0.15, 0.2) is 24.3 Å². The number of rotatable bonds is 0. The molecule has 2 rings (SSSR count). The Bertz CT molecular complexity index is 359. The van der Waals surface area contributed by atoms with E-state index in [0.717, 1.165) is 4.85 Å². The van der Waals surface area contributed by atoms with Crippen LogP contribution in [0.4, 0.5) is 0 Å². The van der Waals surface area contributed by atoms with Crippen LogP contribution in [0.25, 0.3) is 11.0 Å². The van der Waals surface area contributed by atoms with Crippen LogP contribution in [0.3, 0.4) is 0 Å². The Labute approximate surface area is 78.3 Å². The molecular formula is C6H5AgN3O. The molecule has 1 heterocycles. The molecule has 0 aliphatic carbocycles. The molecule has 0 amide bonds. The van der Waals surface area contributed by atoms with Crippen molar-refractivity contribution >= 4 is 11.0 Å². The zero-order chi connectivity index (χ0) is 6.97. The third-order valence-electron chi connectivity index (χ3n) is 1.33. The average molecular weight is 243 g/mol. The summed E-state index contributed by atoms with van der Waals surface area (Å²) in [4.78, 5) is 0.759. The maximum atomic E-state index is 8.95. The smallest absolute Gasteiger partial charge is 0.130 e. The first-order chi connectivity index (χ1) is 4.88. The van der Waals surface area contributed by atoms with E-state index in [-0.39, 0.29) is 22.4 Å². The Morgan fingerprint density at radius 2 is 2.00 bits per heavy atom. The molecule has 0 aliphatic rings. The molecule has 0 spiro atoms. The Balaban J connectivity index is 0.000000605. The van der Waals surface area contributed by atoms with Crippen LogP contribution in [0, 0.1) is 0 Å². The van der Waals surface area contributed by atoms with Crippen molar-refractivity contribution in [2.45, 2.75) is 0 Å². The summed E-state index contributed by atoms with van der Waals surface area (Å²) in [5.41, 5.74) is 1.33. The number of fused-ring (bicyclic) bond motifs is 1. The molecule has 0 unspecified atom stereocenters. The number of hydrogen-bond donors (Lipinski definition) is 1. The van der Waals surface area contributed by atoms with E-state index in [9.17, 15) is 0 Å². The second kappa shape index (κ2) is 3.04. The topological polar surface area (TPSA) is 50.9 Å². The minimum atomic E-state index is 0. The van der Waals surface area contributed by atoms with E-state index in [1.807, 2.05) is 12.1 Å². The van der Waals surface area contributed by atoms with E-state index >= 15 is 0 Å². The number of para-hydroxylation sites is 1. The fraction of sp³-hybridized carbons (Fsp3) is 0. The normalized spacial score (nSPS) is 9.45. The van der Waals surface area contributed by atoms with Crippen LogP contribution < -0.4 is 0 Å². The van der Waals surface area contributed by atoms with Gasteiger partial charge in [-0.15, -0.1) is 5.10 Å². The third-order valence-corrected chi connectivity index (χ3v) is 1.33. The van der Waals surface area contributed by atoms with Gasteiger partial charge in [-0.3, -0.25) is 0 Å². The van der Waals surface area contributed by atoms with Crippen LogP contribution in [0.5, 0.6) is 0 Å². The van der Waals surface area contributed by atoms with Crippen LogP contribution in [0.2, 0.25) is 0 Å². The van der Waals surface area contributed by atoms with Gasteiger partial charge < -0.3 is 5.21 Å². The van der Waals surface area contributed by atoms with E-state index in [1.54, 1.807) is 12.1 Å². The zero-order valence-electron chi connectivity index (χ0n) is 5.40. The third kappa shape index (κ3) is 1.28. The Morgan fingerprint density at radius 3 is 2.73 bits per heavy atom. The molecule has 11 heavy (non-hydrogen) atoms. The van der Waals surface area contributed by atoms with Crippen molar-refractivity contribution in [3.63, 3.8) is 0 Å². The summed E-state index contributed by atoms with van der Waals surface area (Å²) in [6, 6.07) is 7.19. The van der Waals surface area contributed by atoms with Gasteiger partial charge >= 0.3 is 0 Å². The minimum absolute atomic E-state index is 0. The second-order valence-electron chi connectivity index (χ2n) is 1.97. The average Bonchev–Trinajstić information content (AvgIpc) is 2.34. The Morgan fingerprint density at radius 1 is 1.27 bits per heavy atom. The number of aromatic nitrogens is 3. The van der Waals surface area contributed by atoms with Crippen molar-refractivity contribution in [2.24, 2.45) is 0 Å². The molecule has 1 aromatic heterocycles. The van der Waals surface area contributed by atoms with Crippen molar-refractivity contribution in [1.82, 2.24) is 15.2 Å². The van der Waals surface area contributed by atoms with Gasteiger partial charge in [0.05, 0.1) is 0 Å². The van der Waals surface area contributed by atoms with E-state index < -0.39 is 0 Å². The molecule has 0 bridgehead atoms. The van der Waals surface area contributed by atoms with Crippen molar-refractivity contribution in [3.8, 4) is 0 Å². The summed E-state index contributed by atoms with van der Waals surface area (Å²) in [7, 11) is 0. The van der Waals surface area contributed by atoms with Gasteiger partial charge in [0.15, 0.2) is 0 Å². The molecular weight excluding hydrogens is 238 g/mol. The quantitative estimate of drug-likeness (QED) is 0.546. The van der Waals surface area contributed by atoms with Crippen LogP contribution in [0.1, 0.15) is 0 Å². The number of hydrogen-bond acceptors (Lipinski definition) is 3. The standard InChI is InChI=1S/C6H5N3O.Ag/c10-9-6-4-2-1-3-5(6)7-8-9;/h1-4,10H;. The predicted octanol–water partition coefficient (Wildman–Crippen LogP) is 0.666. The van der Waals surface area contributed by atoms with Gasteiger partial charge in [-0.2, -0.15) is 0 Å². The van der Waals surface area contributed by atoms with Crippen LogP contribution in [-0.4, -0.2) is 20.4 Å². The van der Waals surface area contributed by atoms with Crippen LogP contribution in [-0.2, 0) is 22.4 Å². The van der Waals surface area contributed by atoms with Crippen molar-refractivity contribution in [3.05, 3.63) is 24.3 Å². The predicted molar refractivity (Wildman–Crippen MR) is 34.7 cm³/mol. The zero-order valence-corrected chi connectivity index (χ0v) is 6.88. The monoisotopic (exact) mass is 242 g/mol. The van der Waals surface area contributed by atoms with Gasteiger partial charge in [0.2, 0.25) is 0 Å². The van der Waals surface area contributed by atoms with E-state index in [1.165, 1.54) is 0 Å². The molecule has 0 atom stereocenters. The number of benzene rings is 1. The van der Waals surface area contributed by atoms with E-state index in [4.69, 9.17) is 5.21 Å². The molecule has 1 aromatic carbocycles. The summed E-state index contributed by atoms with van der Waals surface area (Å²) >= 11 is 0. The SMILES string of the molecule is On1nnc2ccccc21.[Ag]. The molecule has 0 fully saturated rings. The number of nitrogens with zero attached hydrogens (tertiary/aromatic N) is 3. The molecule has 1 N–H and O–H groups in total. The van der Waals surface area contributed by atoms with E-state index in [0.29, 0.717) is 11.0 Å². The van der Waals surface area contributed by atoms with Crippen molar-refractivity contribution in [2.75, 3.05) is 0 Å². The first-order valence-corrected chi connectivity index (χ1v) is 2.87. The van der Waals surface area contributed by atoms with Crippen molar-refractivity contribution < 1.29 is 27.6 Å². The maximum absolute atomic E-state index is 8.95. The molecule has 4 nitrogen and oxygen atoms in total. The van der Waals surface area contributed by atoms with Gasteiger partial charge in [-0.05, 0) is 17.3 Å². The van der Waals surface area contributed by atoms with Gasteiger partial charge in [-0.25, -0.2) is 0 Å². The van der Waals surface area contributed by atoms with Crippen LogP contribution >= 0.6 is 0 Å². The fourth-order valence-corrected chi connectivity index (χ4v) is 0.857. The summed E-state index contributed by atoms with van der Waals surface area (Å²) in [6.45, 7) is 0. The summed E-state index contributed by atoms with van der Waals surface area (Å²) in [5, 5.41) is 16.1. The van der Waals surface area contributed by atoms with E-state index in [2.05, 4.69) is 10.3 Å². The minimum Gasteiger partial charge on any atom is -0.410 e. The van der Waals surface area contributed by atoms with Gasteiger partial charge in [0.25, 0.3) is 0 Å². The Hall–Kier alpha value is -0.840. The van der Waals surface area contributed by atoms with Crippen molar-refractivity contribution in [1.29, 1.82) is 0 Å². The van der Waals surface area contributed by atoms with Gasteiger partial charge in [0, 0.05) is 22.4 Å². The molecule has 0 aliphatic heterocycles. The molecule has 5 heteroatoms. The second-order valence-corrected chi connectivity index (χ2v) is 1.97.